The van der Waals surface area contributed by atoms with Crippen molar-refractivity contribution in [3.05, 3.63) is 39.8 Å². The second kappa shape index (κ2) is 4.70. The SMILES string of the molecule is Cc1cc(C)n2nc(SCc3ccsc3)nc2n1. The molecule has 0 fully saturated rings. The van der Waals surface area contributed by atoms with Gasteiger partial charge in [-0.25, -0.2) is 9.50 Å². The summed E-state index contributed by atoms with van der Waals surface area (Å²) in [6.45, 7) is 3.99. The van der Waals surface area contributed by atoms with E-state index >= 15 is 0 Å². The number of hydrogen-bond acceptors (Lipinski definition) is 5. The van der Waals surface area contributed by atoms with Crippen LogP contribution in [0.25, 0.3) is 5.78 Å². The summed E-state index contributed by atoms with van der Waals surface area (Å²) in [4.78, 5) is 8.82. The lowest BCUT2D eigenvalue weighted by molar-refractivity contribution is 0.843. The van der Waals surface area contributed by atoms with Crippen molar-refractivity contribution < 1.29 is 0 Å². The summed E-state index contributed by atoms with van der Waals surface area (Å²) in [5, 5.41) is 9.48. The first-order chi connectivity index (χ1) is 8.72. The van der Waals surface area contributed by atoms with Crippen molar-refractivity contribution in [2.45, 2.75) is 24.8 Å². The summed E-state index contributed by atoms with van der Waals surface area (Å²) in [6.07, 6.45) is 0. The maximum atomic E-state index is 4.46. The van der Waals surface area contributed by atoms with Crippen LogP contribution in [0, 0.1) is 13.8 Å². The van der Waals surface area contributed by atoms with Crippen molar-refractivity contribution in [1.82, 2.24) is 19.6 Å². The molecule has 0 radical (unpaired) electrons. The monoisotopic (exact) mass is 276 g/mol. The van der Waals surface area contributed by atoms with Gasteiger partial charge in [0.1, 0.15) is 0 Å². The standard InChI is InChI=1S/C12H12N4S2/c1-8-5-9(2)16-11(13-8)14-12(15-16)18-7-10-3-4-17-6-10/h3-6H,7H2,1-2H3. The summed E-state index contributed by atoms with van der Waals surface area (Å²) in [5.41, 5.74) is 3.35. The zero-order valence-corrected chi connectivity index (χ0v) is 11.8. The summed E-state index contributed by atoms with van der Waals surface area (Å²) in [6, 6.07) is 4.14. The van der Waals surface area contributed by atoms with Crippen LogP contribution in [-0.2, 0) is 5.75 Å². The van der Waals surface area contributed by atoms with Gasteiger partial charge in [0.05, 0.1) is 0 Å². The van der Waals surface area contributed by atoms with Crippen molar-refractivity contribution in [1.29, 1.82) is 0 Å². The first-order valence-corrected chi connectivity index (χ1v) is 7.50. The third-order valence-corrected chi connectivity index (χ3v) is 4.19. The van der Waals surface area contributed by atoms with Crippen LogP contribution in [0.1, 0.15) is 17.0 Å². The molecule has 18 heavy (non-hydrogen) atoms. The minimum Gasteiger partial charge on any atom is -0.216 e. The van der Waals surface area contributed by atoms with Gasteiger partial charge in [0.25, 0.3) is 5.78 Å². The molecule has 3 rings (SSSR count). The van der Waals surface area contributed by atoms with Crippen LogP contribution in [0.5, 0.6) is 0 Å². The van der Waals surface area contributed by atoms with Crippen molar-refractivity contribution >= 4 is 28.9 Å². The fourth-order valence-corrected chi connectivity index (χ4v) is 3.27. The van der Waals surface area contributed by atoms with E-state index in [1.807, 2.05) is 19.9 Å². The molecule has 0 aliphatic rings. The van der Waals surface area contributed by atoms with E-state index in [0.717, 1.165) is 22.3 Å². The van der Waals surface area contributed by atoms with E-state index in [4.69, 9.17) is 0 Å². The Bertz CT molecular complexity index is 673. The van der Waals surface area contributed by atoms with Crippen molar-refractivity contribution in [3.8, 4) is 0 Å². The summed E-state index contributed by atoms with van der Waals surface area (Å²) in [5.74, 6) is 1.58. The van der Waals surface area contributed by atoms with Gasteiger partial charge in [0.15, 0.2) is 0 Å². The molecule has 3 aromatic heterocycles. The Morgan fingerprint density at radius 3 is 3.00 bits per heavy atom. The Morgan fingerprint density at radius 1 is 1.33 bits per heavy atom. The fraction of sp³-hybridized carbons (Fsp3) is 0.250. The number of nitrogens with zero attached hydrogens (tertiary/aromatic N) is 4. The van der Waals surface area contributed by atoms with Gasteiger partial charge in [-0.05, 0) is 42.3 Å². The highest BCUT2D eigenvalue weighted by Gasteiger charge is 2.08. The Balaban J connectivity index is 1.87. The van der Waals surface area contributed by atoms with Gasteiger partial charge >= 0.3 is 0 Å². The predicted octanol–water partition coefficient (Wildman–Crippen LogP) is 3.09. The topological polar surface area (TPSA) is 43.1 Å². The van der Waals surface area contributed by atoms with Crippen molar-refractivity contribution in [2.24, 2.45) is 0 Å². The van der Waals surface area contributed by atoms with Gasteiger partial charge < -0.3 is 0 Å². The largest absolute Gasteiger partial charge is 0.253 e. The summed E-state index contributed by atoms with van der Waals surface area (Å²) in [7, 11) is 0. The van der Waals surface area contributed by atoms with Gasteiger partial charge in [-0.15, -0.1) is 5.10 Å². The molecular formula is C12H12N4S2. The number of fused-ring (bicyclic) bond motifs is 1. The van der Waals surface area contributed by atoms with Crippen LogP contribution in [0.4, 0.5) is 0 Å². The quantitative estimate of drug-likeness (QED) is 0.689. The molecule has 0 bridgehead atoms. The van der Waals surface area contributed by atoms with Crippen molar-refractivity contribution in [3.63, 3.8) is 0 Å². The van der Waals surface area contributed by atoms with Gasteiger partial charge in [0, 0.05) is 17.1 Å². The van der Waals surface area contributed by atoms with E-state index in [-0.39, 0.29) is 0 Å². The molecule has 0 aliphatic heterocycles. The van der Waals surface area contributed by atoms with E-state index in [2.05, 4.69) is 31.9 Å². The van der Waals surface area contributed by atoms with E-state index in [9.17, 15) is 0 Å². The lowest BCUT2D eigenvalue weighted by Crippen LogP contribution is -1.97. The Hall–Kier alpha value is -1.40. The molecule has 0 unspecified atom stereocenters. The van der Waals surface area contributed by atoms with Crippen molar-refractivity contribution in [2.75, 3.05) is 0 Å². The highest BCUT2D eigenvalue weighted by molar-refractivity contribution is 7.98. The lowest BCUT2D eigenvalue weighted by Gasteiger charge is -1.97. The van der Waals surface area contributed by atoms with Crippen LogP contribution in [0.15, 0.2) is 28.0 Å². The number of rotatable bonds is 3. The second-order valence-electron chi connectivity index (χ2n) is 4.07. The van der Waals surface area contributed by atoms with Crippen LogP contribution < -0.4 is 0 Å². The molecule has 6 heteroatoms. The molecule has 92 valence electrons. The molecule has 0 aromatic carbocycles. The average molecular weight is 276 g/mol. The normalized spacial score (nSPS) is 11.2. The number of hydrogen-bond donors (Lipinski definition) is 0. The highest BCUT2D eigenvalue weighted by atomic mass is 32.2. The second-order valence-corrected chi connectivity index (χ2v) is 5.79. The molecule has 0 spiro atoms. The molecule has 0 N–H and O–H groups in total. The Morgan fingerprint density at radius 2 is 2.22 bits per heavy atom. The van der Waals surface area contributed by atoms with Gasteiger partial charge in [-0.3, -0.25) is 0 Å². The number of aryl methyl sites for hydroxylation is 2. The molecule has 0 saturated carbocycles. The number of thioether (sulfide) groups is 1. The fourth-order valence-electron chi connectivity index (χ4n) is 1.73. The van der Waals surface area contributed by atoms with E-state index in [1.54, 1.807) is 27.6 Å². The first-order valence-electron chi connectivity index (χ1n) is 5.57. The summed E-state index contributed by atoms with van der Waals surface area (Å²) < 4.78 is 1.79. The molecule has 3 aromatic rings. The molecule has 0 aliphatic carbocycles. The number of aromatic nitrogens is 4. The molecule has 0 amide bonds. The molecular weight excluding hydrogens is 264 g/mol. The van der Waals surface area contributed by atoms with E-state index < -0.39 is 0 Å². The Kier molecular flexibility index (Phi) is 3.05. The molecule has 4 nitrogen and oxygen atoms in total. The maximum Gasteiger partial charge on any atom is 0.253 e. The smallest absolute Gasteiger partial charge is 0.216 e. The predicted molar refractivity (Wildman–Crippen MR) is 74.1 cm³/mol. The Labute approximate surface area is 113 Å². The van der Waals surface area contributed by atoms with Gasteiger partial charge in [0.2, 0.25) is 5.16 Å². The number of thiophene rings is 1. The molecule has 3 heterocycles. The van der Waals surface area contributed by atoms with Gasteiger partial charge in [-0.1, -0.05) is 11.8 Å². The minimum absolute atomic E-state index is 0.681. The summed E-state index contributed by atoms with van der Waals surface area (Å²) >= 11 is 3.35. The molecule has 0 saturated heterocycles. The average Bonchev–Trinajstić information content (AvgIpc) is 2.93. The maximum absolute atomic E-state index is 4.46. The third kappa shape index (κ3) is 2.26. The third-order valence-electron chi connectivity index (χ3n) is 2.55. The minimum atomic E-state index is 0.681. The van der Waals surface area contributed by atoms with Crippen LogP contribution in [-0.4, -0.2) is 19.6 Å². The zero-order chi connectivity index (χ0) is 12.5. The lowest BCUT2D eigenvalue weighted by atomic mass is 10.4. The van der Waals surface area contributed by atoms with Crippen LogP contribution >= 0.6 is 23.1 Å². The molecule has 0 atom stereocenters. The highest BCUT2D eigenvalue weighted by Crippen LogP contribution is 2.21. The van der Waals surface area contributed by atoms with E-state index in [0.29, 0.717) is 5.78 Å². The zero-order valence-electron chi connectivity index (χ0n) is 10.1. The van der Waals surface area contributed by atoms with E-state index in [1.165, 1.54) is 5.56 Å². The van der Waals surface area contributed by atoms with Crippen LogP contribution in [0.2, 0.25) is 0 Å². The van der Waals surface area contributed by atoms with Crippen LogP contribution in [0.3, 0.4) is 0 Å². The van der Waals surface area contributed by atoms with Gasteiger partial charge in [-0.2, -0.15) is 16.3 Å². The first kappa shape index (κ1) is 11.7.